The normalized spacial score (nSPS) is 14.1. The Labute approximate surface area is 103 Å². The zero-order valence-electron chi connectivity index (χ0n) is 9.56. The van der Waals surface area contributed by atoms with Crippen LogP contribution < -0.4 is 0 Å². The third-order valence-corrected chi connectivity index (χ3v) is 2.72. The molecule has 0 spiro atoms. The maximum absolute atomic E-state index is 9.95. The lowest BCUT2D eigenvalue weighted by Crippen LogP contribution is -2.19. The van der Waals surface area contributed by atoms with Crippen molar-refractivity contribution in [3.05, 3.63) is 40.5 Å². The van der Waals surface area contributed by atoms with Crippen molar-refractivity contribution in [1.82, 2.24) is 9.97 Å². The number of rotatable bonds is 5. The molecule has 2 aromatic heterocycles. The molecule has 7 heteroatoms. The minimum absolute atomic E-state index is 0.147. The SMILES string of the molecule is [N-]=[N+]=NCCC(O)C(O)c1cnc2[nH]ccc2c1. The highest BCUT2D eigenvalue weighted by atomic mass is 16.3. The van der Waals surface area contributed by atoms with E-state index in [1.807, 2.05) is 6.07 Å². The van der Waals surface area contributed by atoms with Crippen molar-refractivity contribution in [3.63, 3.8) is 0 Å². The number of nitrogens with zero attached hydrogens (tertiary/aromatic N) is 4. The Morgan fingerprint density at radius 1 is 1.50 bits per heavy atom. The summed E-state index contributed by atoms with van der Waals surface area (Å²) in [7, 11) is 0. The van der Waals surface area contributed by atoms with E-state index in [0.717, 1.165) is 11.0 Å². The number of hydrogen-bond acceptors (Lipinski definition) is 4. The van der Waals surface area contributed by atoms with E-state index in [1.54, 1.807) is 12.3 Å². The average Bonchev–Trinajstić information content (AvgIpc) is 2.85. The van der Waals surface area contributed by atoms with E-state index in [-0.39, 0.29) is 13.0 Å². The molecule has 0 aliphatic carbocycles. The number of pyridine rings is 1. The minimum atomic E-state index is -1.04. The first-order valence-corrected chi connectivity index (χ1v) is 5.52. The smallest absolute Gasteiger partial charge is 0.137 e. The number of aliphatic hydroxyl groups is 2. The highest BCUT2D eigenvalue weighted by molar-refractivity contribution is 5.75. The van der Waals surface area contributed by atoms with Crippen LogP contribution in [0.15, 0.2) is 29.6 Å². The van der Waals surface area contributed by atoms with Gasteiger partial charge in [0.05, 0.1) is 6.10 Å². The van der Waals surface area contributed by atoms with Crippen molar-refractivity contribution < 1.29 is 10.2 Å². The summed E-state index contributed by atoms with van der Waals surface area (Å²) in [6.45, 7) is 0.147. The second-order valence-electron chi connectivity index (χ2n) is 3.94. The van der Waals surface area contributed by atoms with Gasteiger partial charge in [0, 0.05) is 34.8 Å². The van der Waals surface area contributed by atoms with Crippen molar-refractivity contribution in [1.29, 1.82) is 0 Å². The molecule has 0 aliphatic rings. The van der Waals surface area contributed by atoms with Gasteiger partial charge in [-0.2, -0.15) is 0 Å². The van der Waals surface area contributed by atoms with Gasteiger partial charge < -0.3 is 15.2 Å². The fourth-order valence-corrected chi connectivity index (χ4v) is 1.73. The van der Waals surface area contributed by atoms with E-state index in [0.29, 0.717) is 5.56 Å². The number of aromatic nitrogens is 2. The largest absolute Gasteiger partial charge is 0.390 e. The van der Waals surface area contributed by atoms with Gasteiger partial charge in [-0.25, -0.2) is 4.98 Å². The van der Waals surface area contributed by atoms with Gasteiger partial charge in [-0.05, 0) is 24.1 Å². The Bertz CT molecular complexity index is 576. The summed E-state index contributed by atoms with van der Waals surface area (Å²) in [6.07, 6.45) is 1.46. The molecule has 94 valence electrons. The van der Waals surface area contributed by atoms with Crippen LogP contribution in [0.2, 0.25) is 0 Å². The maximum atomic E-state index is 9.95. The maximum Gasteiger partial charge on any atom is 0.137 e. The van der Waals surface area contributed by atoms with Gasteiger partial charge >= 0.3 is 0 Å². The minimum Gasteiger partial charge on any atom is -0.390 e. The summed E-state index contributed by atoms with van der Waals surface area (Å²) in [5.41, 5.74) is 9.40. The molecule has 0 radical (unpaired) electrons. The molecule has 18 heavy (non-hydrogen) atoms. The summed E-state index contributed by atoms with van der Waals surface area (Å²) in [4.78, 5) is 9.67. The molecule has 0 fully saturated rings. The first kappa shape index (κ1) is 12.4. The molecule has 2 aromatic rings. The molecule has 2 atom stereocenters. The monoisotopic (exact) mass is 247 g/mol. The van der Waals surface area contributed by atoms with E-state index in [1.165, 1.54) is 6.20 Å². The summed E-state index contributed by atoms with van der Waals surface area (Å²) >= 11 is 0. The van der Waals surface area contributed by atoms with Crippen molar-refractivity contribution in [2.45, 2.75) is 18.6 Å². The lowest BCUT2D eigenvalue weighted by Gasteiger charge is -2.16. The molecule has 0 bridgehead atoms. The standard InChI is InChI=1S/C11H13N5O2/c12-16-15-4-2-9(17)10(18)8-5-7-1-3-13-11(7)14-6-8/h1,3,5-6,9-10,17-18H,2,4H2,(H,13,14). The van der Waals surface area contributed by atoms with E-state index in [9.17, 15) is 10.2 Å². The third kappa shape index (κ3) is 2.60. The highest BCUT2D eigenvalue weighted by Crippen LogP contribution is 2.21. The molecule has 0 saturated carbocycles. The van der Waals surface area contributed by atoms with Crippen LogP contribution in [0.1, 0.15) is 18.1 Å². The van der Waals surface area contributed by atoms with Gasteiger partial charge in [-0.3, -0.25) is 0 Å². The van der Waals surface area contributed by atoms with E-state index in [2.05, 4.69) is 20.0 Å². The summed E-state index contributed by atoms with van der Waals surface area (Å²) in [5, 5.41) is 23.9. The molecular formula is C11H13N5O2. The number of fused-ring (bicyclic) bond motifs is 1. The molecule has 2 unspecified atom stereocenters. The molecular weight excluding hydrogens is 234 g/mol. The van der Waals surface area contributed by atoms with E-state index >= 15 is 0 Å². The Morgan fingerprint density at radius 3 is 3.11 bits per heavy atom. The van der Waals surface area contributed by atoms with Crippen LogP contribution in [-0.4, -0.2) is 32.8 Å². The summed E-state index contributed by atoms with van der Waals surface area (Å²) in [5.74, 6) is 0. The molecule has 3 N–H and O–H groups in total. The van der Waals surface area contributed by atoms with Crippen molar-refractivity contribution in [2.75, 3.05) is 6.54 Å². The predicted octanol–water partition coefficient (Wildman–Crippen LogP) is 1.66. The number of azide groups is 1. The van der Waals surface area contributed by atoms with Gasteiger partial charge in [-0.15, -0.1) is 0 Å². The van der Waals surface area contributed by atoms with Gasteiger partial charge in [-0.1, -0.05) is 5.11 Å². The van der Waals surface area contributed by atoms with Crippen LogP contribution in [0.4, 0.5) is 0 Å². The van der Waals surface area contributed by atoms with Crippen LogP contribution in [0.3, 0.4) is 0 Å². The topological polar surface area (TPSA) is 118 Å². The molecule has 0 aromatic carbocycles. The number of H-pyrrole nitrogens is 1. The van der Waals surface area contributed by atoms with Crippen LogP contribution in [0.5, 0.6) is 0 Å². The van der Waals surface area contributed by atoms with Crippen LogP contribution in [-0.2, 0) is 0 Å². The Hall–Kier alpha value is -2.08. The average molecular weight is 247 g/mol. The molecule has 2 rings (SSSR count). The van der Waals surface area contributed by atoms with Crippen LogP contribution >= 0.6 is 0 Å². The second kappa shape index (κ2) is 5.50. The zero-order valence-corrected chi connectivity index (χ0v) is 9.56. The molecule has 0 aliphatic heterocycles. The summed E-state index contributed by atoms with van der Waals surface area (Å²) < 4.78 is 0. The van der Waals surface area contributed by atoms with Crippen LogP contribution in [0.25, 0.3) is 21.5 Å². The first-order valence-electron chi connectivity index (χ1n) is 5.52. The Morgan fingerprint density at radius 2 is 2.33 bits per heavy atom. The predicted molar refractivity (Wildman–Crippen MR) is 65.7 cm³/mol. The van der Waals surface area contributed by atoms with Crippen molar-refractivity contribution >= 4 is 11.0 Å². The molecule has 0 amide bonds. The molecule has 0 saturated heterocycles. The van der Waals surface area contributed by atoms with Gasteiger partial charge in [0.15, 0.2) is 0 Å². The number of nitrogens with one attached hydrogen (secondary N) is 1. The lowest BCUT2D eigenvalue weighted by molar-refractivity contribution is 0.0149. The van der Waals surface area contributed by atoms with E-state index < -0.39 is 12.2 Å². The highest BCUT2D eigenvalue weighted by Gasteiger charge is 2.18. The number of aromatic amines is 1. The van der Waals surface area contributed by atoms with Crippen LogP contribution in [0, 0.1) is 0 Å². The van der Waals surface area contributed by atoms with E-state index in [4.69, 9.17) is 5.53 Å². The van der Waals surface area contributed by atoms with Gasteiger partial charge in [0.2, 0.25) is 0 Å². The molecule has 7 nitrogen and oxygen atoms in total. The third-order valence-electron chi connectivity index (χ3n) is 2.72. The van der Waals surface area contributed by atoms with Crippen molar-refractivity contribution in [3.8, 4) is 0 Å². The molecule has 2 heterocycles. The summed E-state index contributed by atoms with van der Waals surface area (Å²) in [6, 6.07) is 3.60. The zero-order chi connectivity index (χ0) is 13.0. The number of hydrogen-bond donors (Lipinski definition) is 3. The lowest BCUT2D eigenvalue weighted by atomic mass is 10.0. The second-order valence-corrected chi connectivity index (χ2v) is 3.94. The van der Waals surface area contributed by atoms with Gasteiger partial charge in [0.25, 0.3) is 0 Å². The van der Waals surface area contributed by atoms with Crippen molar-refractivity contribution in [2.24, 2.45) is 5.11 Å². The fourth-order valence-electron chi connectivity index (χ4n) is 1.73. The Kier molecular flexibility index (Phi) is 3.78. The fraction of sp³-hybridized carbons (Fsp3) is 0.364. The Balaban J connectivity index is 2.11. The van der Waals surface area contributed by atoms with Gasteiger partial charge in [0.1, 0.15) is 11.8 Å². The quantitative estimate of drug-likeness (QED) is 0.423. The number of aliphatic hydroxyl groups excluding tert-OH is 2. The first-order chi connectivity index (χ1) is 8.72.